The molecule has 0 bridgehead atoms. The summed E-state index contributed by atoms with van der Waals surface area (Å²) >= 11 is 0. The van der Waals surface area contributed by atoms with Crippen molar-refractivity contribution >= 4 is 11.6 Å². The van der Waals surface area contributed by atoms with Gasteiger partial charge in [0.1, 0.15) is 5.75 Å². The maximum Gasteiger partial charge on any atom is 0.458 e. The van der Waals surface area contributed by atoms with Crippen molar-refractivity contribution < 1.29 is 36.6 Å². The number of rotatable bonds is 6. The third-order valence-corrected chi connectivity index (χ3v) is 5.33. The molecule has 0 saturated heterocycles. The van der Waals surface area contributed by atoms with E-state index in [1.807, 2.05) is 19.9 Å². The van der Waals surface area contributed by atoms with Gasteiger partial charge in [0.15, 0.2) is 6.61 Å². The Morgan fingerprint density at radius 2 is 1.79 bits per heavy atom. The summed E-state index contributed by atoms with van der Waals surface area (Å²) in [6, 6.07) is 12.7. The lowest BCUT2D eigenvalue weighted by molar-refractivity contribution is -0.363. The van der Waals surface area contributed by atoms with Crippen molar-refractivity contribution in [3.05, 3.63) is 65.2 Å². The first-order valence-corrected chi connectivity index (χ1v) is 10.1. The summed E-state index contributed by atoms with van der Waals surface area (Å²) in [4.78, 5) is 12.8. The van der Waals surface area contributed by atoms with E-state index in [1.165, 1.54) is 24.3 Å². The Morgan fingerprint density at radius 1 is 1.15 bits per heavy atom. The Morgan fingerprint density at radius 3 is 2.36 bits per heavy atom. The summed E-state index contributed by atoms with van der Waals surface area (Å²) < 4.78 is 73.9. The third-order valence-electron chi connectivity index (χ3n) is 5.33. The van der Waals surface area contributed by atoms with E-state index < -0.39 is 36.8 Å². The minimum absolute atomic E-state index is 0.00307. The molecule has 1 N–H and O–H groups in total. The first-order valence-electron chi connectivity index (χ1n) is 10.1. The van der Waals surface area contributed by atoms with E-state index in [4.69, 9.17) is 4.74 Å². The minimum Gasteiger partial charge on any atom is -0.483 e. The van der Waals surface area contributed by atoms with Crippen molar-refractivity contribution in [1.82, 2.24) is 5.01 Å². The molecule has 0 aromatic heterocycles. The Hall–Kier alpha value is -3.01. The van der Waals surface area contributed by atoms with Crippen LogP contribution in [-0.4, -0.2) is 46.2 Å². The number of ether oxygens (including phenoxy) is 1. The molecule has 1 aliphatic rings. The zero-order chi connectivity index (χ0) is 24.6. The number of carbonyl (C=O) groups excluding carboxylic acids is 1. The van der Waals surface area contributed by atoms with Crippen LogP contribution < -0.4 is 4.74 Å². The van der Waals surface area contributed by atoms with E-state index in [0.717, 1.165) is 11.1 Å². The van der Waals surface area contributed by atoms with E-state index in [9.17, 15) is 31.9 Å². The highest BCUT2D eigenvalue weighted by atomic mass is 19.4. The Bertz CT molecular complexity index is 1050. The van der Waals surface area contributed by atoms with Gasteiger partial charge in [-0.15, -0.1) is 0 Å². The smallest absolute Gasteiger partial charge is 0.458 e. The number of hydrazone groups is 1. The van der Waals surface area contributed by atoms with Gasteiger partial charge in [0.05, 0.1) is 5.71 Å². The van der Waals surface area contributed by atoms with Gasteiger partial charge in [0.2, 0.25) is 5.72 Å². The highest BCUT2D eigenvalue weighted by Gasteiger charge is 2.75. The molecule has 33 heavy (non-hydrogen) atoms. The summed E-state index contributed by atoms with van der Waals surface area (Å²) in [5.74, 6) is -6.71. The molecule has 0 aliphatic carbocycles. The van der Waals surface area contributed by atoms with Crippen LogP contribution in [0.2, 0.25) is 0 Å². The van der Waals surface area contributed by atoms with Crippen molar-refractivity contribution in [3.8, 4) is 5.75 Å². The van der Waals surface area contributed by atoms with Crippen molar-refractivity contribution in [2.24, 2.45) is 5.10 Å². The molecule has 3 rings (SSSR count). The first-order chi connectivity index (χ1) is 15.3. The molecule has 0 radical (unpaired) electrons. The topological polar surface area (TPSA) is 62.1 Å². The Kier molecular flexibility index (Phi) is 6.52. The van der Waals surface area contributed by atoms with Gasteiger partial charge in [-0.25, -0.2) is 0 Å². The van der Waals surface area contributed by atoms with Crippen molar-refractivity contribution in [1.29, 1.82) is 0 Å². The molecular formula is C23H23F5N2O3. The van der Waals surface area contributed by atoms with Gasteiger partial charge in [-0.3, -0.25) is 4.79 Å². The second kappa shape index (κ2) is 8.74. The van der Waals surface area contributed by atoms with Gasteiger partial charge in [-0.2, -0.15) is 32.1 Å². The number of alkyl halides is 5. The van der Waals surface area contributed by atoms with Gasteiger partial charge in [-0.1, -0.05) is 56.3 Å². The van der Waals surface area contributed by atoms with Gasteiger partial charge in [0, 0.05) is 6.42 Å². The largest absolute Gasteiger partial charge is 0.483 e. The van der Waals surface area contributed by atoms with Gasteiger partial charge in [-0.05, 0) is 35.6 Å². The number of halogens is 5. The molecule has 1 heterocycles. The van der Waals surface area contributed by atoms with Gasteiger partial charge >= 0.3 is 12.1 Å². The maximum atomic E-state index is 14.4. The average molecular weight is 470 g/mol. The number of aliphatic hydroxyl groups is 1. The number of benzene rings is 2. The molecule has 0 fully saturated rings. The SMILES string of the molecule is Cc1ccc(C(C)C)c(OCC(=O)N2N=C(c3ccccc3)C[C@]2(O)C(F)(F)C(F)(F)F)c1. The second-order valence-electron chi connectivity index (χ2n) is 8.17. The third kappa shape index (κ3) is 4.57. The van der Waals surface area contributed by atoms with Crippen LogP contribution in [0, 0.1) is 6.92 Å². The highest BCUT2D eigenvalue weighted by Crippen LogP contribution is 2.49. The highest BCUT2D eigenvalue weighted by molar-refractivity contribution is 6.03. The molecule has 178 valence electrons. The van der Waals surface area contributed by atoms with Crippen molar-refractivity contribution in [3.63, 3.8) is 0 Å². The summed E-state index contributed by atoms with van der Waals surface area (Å²) in [6.07, 6.45) is -7.33. The Labute approximate surface area is 187 Å². The predicted octanol–water partition coefficient (Wildman–Crippen LogP) is 5.02. The zero-order valence-corrected chi connectivity index (χ0v) is 18.2. The van der Waals surface area contributed by atoms with Crippen LogP contribution in [0.4, 0.5) is 22.0 Å². The lowest BCUT2D eigenvalue weighted by atomic mass is 9.95. The number of aryl methyl sites for hydroxylation is 1. The number of carbonyl (C=O) groups is 1. The van der Waals surface area contributed by atoms with Crippen LogP contribution in [0.1, 0.15) is 42.9 Å². The van der Waals surface area contributed by atoms with Crippen molar-refractivity contribution in [2.45, 2.75) is 50.9 Å². The predicted molar refractivity (Wildman–Crippen MR) is 111 cm³/mol. The molecule has 0 unspecified atom stereocenters. The minimum atomic E-state index is -6.12. The molecule has 1 atom stereocenters. The van der Waals surface area contributed by atoms with E-state index in [-0.39, 0.29) is 28.0 Å². The molecule has 1 amide bonds. The standard InChI is InChI=1S/C23H23F5N2O3/c1-14(2)17-10-9-15(3)11-19(17)33-13-20(31)30-21(32,22(24,25)23(26,27)28)12-18(29-30)16-7-5-4-6-8-16/h4-11,14,32H,12-13H2,1-3H3/t21-/m0/s1. The van der Waals surface area contributed by atoms with Gasteiger partial charge < -0.3 is 9.84 Å². The molecule has 10 heteroatoms. The van der Waals surface area contributed by atoms with E-state index in [2.05, 4.69) is 5.10 Å². The van der Waals surface area contributed by atoms with Crippen LogP contribution in [0.3, 0.4) is 0 Å². The molecule has 0 spiro atoms. The number of amides is 1. The second-order valence-corrected chi connectivity index (χ2v) is 8.17. The number of nitrogens with zero attached hydrogens (tertiary/aromatic N) is 2. The van der Waals surface area contributed by atoms with Crippen LogP contribution in [0.5, 0.6) is 5.75 Å². The van der Waals surface area contributed by atoms with Crippen LogP contribution in [0.25, 0.3) is 0 Å². The quantitative estimate of drug-likeness (QED) is 0.603. The summed E-state index contributed by atoms with van der Waals surface area (Å²) in [5, 5.41) is 14.0. The molecule has 5 nitrogen and oxygen atoms in total. The fourth-order valence-corrected chi connectivity index (χ4v) is 3.51. The lowest BCUT2D eigenvalue weighted by Crippen LogP contribution is -2.65. The summed E-state index contributed by atoms with van der Waals surface area (Å²) in [7, 11) is 0. The summed E-state index contributed by atoms with van der Waals surface area (Å²) in [5.41, 5.74) is -2.50. The van der Waals surface area contributed by atoms with E-state index in [1.54, 1.807) is 25.1 Å². The first kappa shape index (κ1) is 24.6. The number of hydrogen-bond donors (Lipinski definition) is 1. The van der Waals surface area contributed by atoms with Gasteiger partial charge in [0.25, 0.3) is 5.91 Å². The number of hydrogen-bond acceptors (Lipinski definition) is 4. The molecule has 2 aromatic carbocycles. The van der Waals surface area contributed by atoms with E-state index >= 15 is 0 Å². The lowest BCUT2D eigenvalue weighted by Gasteiger charge is -2.37. The molecule has 1 aliphatic heterocycles. The van der Waals surface area contributed by atoms with Crippen molar-refractivity contribution in [2.75, 3.05) is 6.61 Å². The summed E-state index contributed by atoms with van der Waals surface area (Å²) in [6.45, 7) is 4.63. The van der Waals surface area contributed by atoms with Crippen LogP contribution in [-0.2, 0) is 4.79 Å². The molecule has 0 saturated carbocycles. The van der Waals surface area contributed by atoms with E-state index in [0.29, 0.717) is 0 Å². The fraction of sp³-hybridized carbons (Fsp3) is 0.391. The van der Waals surface area contributed by atoms with Crippen LogP contribution >= 0.6 is 0 Å². The van der Waals surface area contributed by atoms with Crippen LogP contribution in [0.15, 0.2) is 53.6 Å². The average Bonchev–Trinajstić information content (AvgIpc) is 3.11. The molecular weight excluding hydrogens is 447 g/mol. The Balaban J connectivity index is 1.95. The normalized spacial score (nSPS) is 19.1. The zero-order valence-electron chi connectivity index (χ0n) is 18.2. The molecule has 2 aromatic rings. The maximum absolute atomic E-state index is 14.4. The monoisotopic (exact) mass is 470 g/mol. The fourth-order valence-electron chi connectivity index (χ4n) is 3.51.